The van der Waals surface area contributed by atoms with Crippen LogP contribution < -0.4 is 5.32 Å². The molecule has 1 aromatic heterocycles. The lowest BCUT2D eigenvalue weighted by Crippen LogP contribution is -2.26. The highest BCUT2D eigenvalue weighted by Crippen LogP contribution is 2.21. The first kappa shape index (κ1) is 11.8. The molecule has 1 aromatic carbocycles. The van der Waals surface area contributed by atoms with E-state index in [1.807, 2.05) is 18.2 Å². The second-order valence-corrected chi connectivity index (χ2v) is 5.01. The number of fused-ring (bicyclic) bond motifs is 1. The van der Waals surface area contributed by atoms with Crippen molar-refractivity contribution in [3.8, 4) is 0 Å². The molecule has 0 spiro atoms. The summed E-state index contributed by atoms with van der Waals surface area (Å²) in [6.07, 6.45) is 1.54. The van der Waals surface area contributed by atoms with Crippen LogP contribution in [0.4, 0.5) is 0 Å². The van der Waals surface area contributed by atoms with Crippen LogP contribution in [-0.2, 0) is 11.3 Å². The van der Waals surface area contributed by atoms with Gasteiger partial charge in [-0.15, -0.1) is 0 Å². The molecule has 1 aliphatic heterocycles. The fraction of sp³-hybridized carbons (Fsp3) is 0.467. The van der Waals surface area contributed by atoms with Crippen LogP contribution in [0.15, 0.2) is 34.7 Å². The number of benzene rings is 1. The normalized spacial score (nSPS) is 23.8. The van der Waals surface area contributed by atoms with Gasteiger partial charge in [0.2, 0.25) is 0 Å². The lowest BCUT2D eigenvalue weighted by molar-refractivity contribution is 0.105. The Kier molecular flexibility index (Phi) is 3.35. The summed E-state index contributed by atoms with van der Waals surface area (Å²) in [5.41, 5.74) is 0.965. The molecule has 3 nitrogen and oxygen atoms in total. The van der Waals surface area contributed by atoms with Crippen molar-refractivity contribution in [2.24, 2.45) is 5.92 Å². The van der Waals surface area contributed by atoms with E-state index in [1.165, 1.54) is 5.39 Å². The number of rotatable bonds is 4. The van der Waals surface area contributed by atoms with Crippen LogP contribution >= 0.6 is 0 Å². The Balaban J connectivity index is 1.56. The Bertz CT molecular complexity index is 487. The van der Waals surface area contributed by atoms with Crippen molar-refractivity contribution in [2.45, 2.75) is 26.0 Å². The van der Waals surface area contributed by atoms with Crippen molar-refractivity contribution < 1.29 is 9.15 Å². The molecular weight excluding hydrogens is 226 g/mol. The summed E-state index contributed by atoms with van der Waals surface area (Å²) in [7, 11) is 0. The van der Waals surface area contributed by atoms with Gasteiger partial charge in [0.05, 0.1) is 12.6 Å². The molecule has 2 atom stereocenters. The average molecular weight is 245 g/mol. The van der Waals surface area contributed by atoms with Crippen LogP contribution in [0.5, 0.6) is 0 Å². The third-order valence-electron chi connectivity index (χ3n) is 3.72. The molecule has 1 N–H and O–H groups in total. The van der Waals surface area contributed by atoms with E-state index in [-0.39, 0.29) is 0 Å². The topological polar surface area (TPSA) is 34.4 Å². The zero-order valence-corrected chi connectivity index (χ0v) is 10.7. The van der Waals surface area contributed by atoms with Gasteiger partial charge in [-0.05, 0) is 31.4 Å². The van der Waals surface area contributed by atoms with Crippen LogP contribution in [0.25, 0.3) is 11.0 Å². The molecule has 2 aromatic rings. The monoisotopic (exact) mass is 245 g/mol. The maximum absolute atomic E-state index is 5.77. The van der Waals surface area contributed by atoms with Crippen molar-refractivity contribution in [1.82, 2.24) is 5.32 Å². The van der Waals surface area contributed by atoms with E-state index in [9.17, 15) is 0 Å². The van der Waals surface area contributed by atoms with Crippen LogP contribution in [0.2, 0.25) is 0 Å². The molecular formula is C15H19NO2. The van der Waals surface area contributed by atoms with Crippen LogP contribution in [0, 0.1) is 5.92 Å². The van der Waals surface area contributed by atoms with Crippen LogP contribution in [0.1, 0.15) is 19.1 Å². The lowest BCUT2D eigenvalue weighted by Gasteiger charge is -2.13. The minimum atomic E-state index is 0.383. The van der Waals surface area contributed by atoms with Crippen molar-refractivity contribution in [3.63, 3.8) is 0 Å². The van der Waals surface area contributed by atoms with Gasteiger partial charge in [0.25, 0.3) is 0 Å². The highest BCUT2D eigenvalue weighted by Gasteiger charge is 2.23. The number of hydrogen-bond acceptors (Lipinski definition) is 3. The van der Waals surface area contributed by atoms with E-state index >= 15 is 0 Å². The predicted molar refractivity (Wildman–Crippen MR) is 71.4 cm³/mol. The molecule has 3 heteroatoms. The molecule has 0 bridgehead atoms. The maximum atomic E-state index is 5.77. The molecule has 0 aliphatic carbocycles. The number of para-hydroxylation sites is 1. The van der Waals surface area contributed by atoms with E-state index in [0.29, 0.717) is 12.0 Å². The van der Waals surface area contributed by atoms with E-state index < -0.39 is 0 Å². The number of furan rings is 1. The molecule has 0 saturated carbocycles. The Labute approximate surface area is 107 Å². The fourth-order valence-electron chi connectivity index (χ4n) is 2.55. The fourth-order valence-corrected chi connectivity index (χ4v) is 2.55. The van der Waals surface area contributed by atoms with Gasteiger partial charge in [0.15, 0.2) is 0 Å². The van der Waals surface area contributed by atoms with Crippen molar-refractivity contribution in [1.29, 1.82) is 0 Å². The van der Waals surface area contributed by atoms with Gasteiger partial charge in [-0.2, -0.15) is 0 Å². The van der Waals surface area contributed by atoms with Crippen LogP contribution in [0.3, 0.4) is 0 Å². The molecule has 2 heterocycles. The summed E-state index contributed by atoms with van der Waals surface area (Å²) in [5.74, 6) is 1.64. The van der Waals surface area contributed by atoms with Gasteiger partial charge >= 0.3 is 0 Å². The van der Waals surface area contributed by atoms with E-state index in [1.54, 1.807) is 0 Å². The smallest absolute Gasteiger partial charge is 0.134 e. The maximum Gasteiger partial charge on any atom is 0.134 e. The highest BCUT2D eigenvalue weighted by molar-refractivity contribution is 5.77. The molecule has 1 saturated heterocycles. The second-order valence-electron chi connectivity index (χ2n) is 5.01. The quantitative estimate of drug-likeness (QED) is 0.899. The van der Waals surface area contributed by atoms with Crippen molar-refractivity contribution >= 4 is 11.0 Å². The number of nitrogens with one attached hydrogen (secondary N) is 1. The SMILES string of the molecule is CC1OCCC1CNCc1cc2ccccc2o1. The van der Waals surface area contributed by atoms with Gasteiger partial charge < -0.3 is 14.5 Å². The zero-order valence-electron chi connectivity index (χ0n) is 10.7. The third-order valence-corrected chi connectivity index (χ3v) is 3.72. The summed E-state index contributed by atoms with van der Waals surface area (Å²) in [4.78, 5) is 0. The first-order valence-corrected chi connectivity index (χ1v) is 6.63. The Morgan fingerprint density at radius 2 is 2.22 bits per heavy atom. The molecule has 0 radical (unpaired) electrons. The summed E-state index contributed by atoms with van der Waals surface area (Å²) < 4.78 is 11.3. The number of hydrogen-bond donors (Lipinski definition) is 1. The average Bonchev–Trinajstić information content (AvgIpc) is 2.96. The summed E-state index contributed by atoms with van der Waals surface area (Å²) >= 11 is 0. The van der Waals surface area contributed by atoms with Crippen molar-refractivity contribution in [3.05, 3.63) is 36.1 Å². The van der Waals surface area contributed by atoms with E-state index in [2.05, 4.69) is 24.4 Å². The highest BCUT2D eigenvalue weighted by atomic mass is 16.5. The summed E-state index contributed by atoms with van der Waals surface area (Å²) in [6.45, 7) is 4.84. The largest absolute Gasteiger partial charge is 0.460 e. The first-order chi connectivity index (χ1) is 8.83. The van der Waals surface area contributed by atoms with Gasteiger partial charge in [-0.3, -0.25) is 0 Å². The second kappa shape index (κ2) is 5.12. The molecule has 18 heavy (non-hydrogen) atoms. The minimum Gasteiger partial charge on any atom is -0.460 e. The van der Waals surface area contributed by atoms with E-state index in [0.717, 1.165) is 37.5 Å². The number of ether oxygens (including phenoxy) is 1. The third kappa shape index (κ3) is 2.42. The Morgan fingerprint density at radius 1 is 1.33 bits per heavy atom. The predicted octanol–water partition coefficient (Wildman–Crippen LogP) is 2.95. The molecule has 2 unspecified atom stereocenters. The molecule has 1 aliphatic rings. The molecule has 3 rings (SSSR count). The first-order valence-electron chi connectivity index (χ1n) is 6.63. The molecule has 1 fully saturated rings. The van der Waals surface area contributed by atoms with Crippen molar-refractivity contribution in [2.75, 3.05) is 13.2 Å². The minimum absolute atomic E-state index is 0.383. The van der Waals surface area contributed by atoms with Gasteiger partial charge in [-0.25, -0.2) is 0 Å². The molecule has 0 amide bonds. The standard InChI is InChI=1S/C15H19NO2/c1-11-13(6-7-17-11)9-16-10-14-8-12-4-2-3-5-15(12)18-14/h2-5,8,11,13,16H,6-7,9-10H2,1H3. The molecule has 96 valence electrons. The van der Waals surface area contributed by atoms with Gasteiger partial charge in [0, 0.05) is 18.5 Å². The van der Waals surface area contributed by atoms with Crippen LogP contribution in [-0.4, -0.2) is 19.3 Å². The van der Waals surface area contributed by atoms with Gasteiger partial charge in [-0.1, -0.05) is 18.2 Å². The lowest BCUT2D eigenvalue weighted by atomic mass is 10.0. The Morgan fingerprint density at radius 3 is 3.00 bits per heavy atom. The zero-order chi connectivity index (χ0) is 12.4. The summed E-state index contributed by atoms with van der Waals surface area (Å²) in [5, 5.41) is 4.63. The van der Waals surface area contributed by atoms with E-state index in [4.69, 9.17) is 9.15 Å². The summed E-state index contributed by atoms with van der Waals surface area (Å²) in [6, 6.07) is 10.2. The Hall–Kier alpha value is -1.32. The van der Waals surface area contributed by atoms with Gasteiger partial charge in [0.1, 0.15) is 11.3 Å².